The first-order valence-electron chi connectivity index (χ1n) is 3.59. The molecule has 3 nitrogen and oxygen atoms in total. The van der Waals surface area contributed by atoms with E-state index in [1.807, 2.05) is 19.1 Å². The van der Waals surface area contributed by atoms with Crippen LogP contribution in [-0.2, 0) is 14.3 Å². The van der Waals surface area contributed by atoms with Crippen LogP contribution >= 0.6 is 0 Å². The fourth-order valence-corrected chi connectivity index (χ4v) is 1.00. The van der Waals surface area contributed by atoms with Crippen molar-refractivity contribution in [3.8, 4) is 0 Å². The Labute approximate surface area is 65.0 Å². The highest BCUT2D eigenvalue weighted by atomic mass is 16.6. The minimum Gasteiger partial charge on any atom is -0.393 e. The summed E-state index contributed by atoms with van der Waals surface area (Å²) in [4.78, 5) is 21.4. The molecule has 0 spiro atoms. The second-order valence-electron chi connectivity index (χ2n) is 2.50. The molecule has 1 rings (SSSR count). The van der Waals surface area contributed by atoms with E-state index in [0.717, 1.165) is 0 Å². The van der Waals surface area contributed by atoms with Gasteiger partial charge in [0.2, 0.25) is 0 Å². The summed E-state index contributed by atoms with van der Waals surface area (Å²) in [6.07, 6.45) is 4.57. The van der Waals surface area contributed by atoms with Gasteiger partial charge in [-0.15, -0.1) is 0 Å². The van der Waals surface area contributed by atoms with Crippen molar-refractivity contribution in [2.45, 2.75) is 19.8 Å². The monoisotopic (exact) mass is 154 g/mol. The molecular formula is C8H10O3. The molecule has 1 aliphatic heterocycles. The first kappa shape index (κ1) is 7.98. The molecule has 1 heterocycles. The summed E-state index contributed by atoms with van der Waals surface area (Å²) >= 11 is 0. The maximum atomic E-state index is 10.8. The van der Waals surface area contributed by atoms with E-state index in [1.165, 1.54) is 0 Å². The van der Waals surface area contributed by atoms with Crippen LogP contribution in [0.2, 0.25) is 0 Å². The highest BCUT2D eigenvalue weighted by Gasteiger charge is 2.31. The molecule has 0 N–H and O–H groups in total. The lowest BCUT2D eigenvalue weighted by atomic mass is 10.0. The number of allylic oxidation sites excluding steroid dienone is 2. The SMILES string of the molecule is C/C=C/C[C@@H]1CC(=O)OC1=O. The number of carbonyl (C=O) groups is 2. The highest BCUT2D eigenvalue weighted by molar-refractivity contribution is 5.94. The summed E-state index contributed by atoms with van der Waals surface area (Å²) in [5, 5.41) is 0. The third-order valence-electron chi connectivity index (χ3n) is 1.62. The fraction of sp³-hybridized carbons (Fsp3) is 0.500. The number of hydrogen-bond donors (Lipinski definition) is 0. The van der Waals surface area contributed by atoms with Crippen molar-refractivity contribution in [3.63, 3.8) is 0 Å². The zero-order chi connectivity index (χ0) is 8.27. The van der Waals surface area contributed by atoms with Gasteiger partial charge in [-0.1, -0.05) is 12.2 Å². The van der Waals surface area contributed by atoms with E-state index >= 15 is 0 Å². The lowest BCUT2D eigenvalue weighted by Gasteiger charge is -1.96. The molecule has 0 bridgehead atoms. The highest BCUT2D eigenvalue weighted by Crippen LogP contribution is 2.19. The van der Waals surface area contributed by atoms with Crippen molar-refractivity contribution >= 4 is 11.9 Å². The number of cyclic esters (lactones) is 2. The number of carbonyl (C=O) groups excluding carboxylic acids is 2. The van der Waals surface area contributed by atoms with Crippen LogP contribution in [0.5, 0.6) is 0 Å². The summed E-state index contributed by atoms with van der Waals surface area (Å²) in [5.74, 6) is -1.02. The van der Waals surface area contributed by atoms with E-state index in [-0.39, 0.29) is 18.3 Å². The van der Waals surface area contributed by atoms with Crippen molar-refractivity contribution < 1.29 is 14.3 Å². The standard InChI is InChI=1S/C8H10O3/c1-2-3-4-6-5-7(9)11-8(6)10/h2-3,6H,4-5H2,1H3/b3-2+/t6-/m1/s1. The van der Waals surface area contributed by atoms with Crippen LogP contribution in [0.3, 0.4) is 0 Å². The van der Waals surface area contributed by atoms with E-state index in [9.17, 15) is 9.59 Å². The Hall–Kier alpha value is -1.12. The van der Waals surface area contributed by atoms with Crippen LogP contribution in [0.1, 0.15) is 19.8 Å². The largest absolute Gasteiger partial charge is 0.393 e. The molecular weight excluding hydrogens is 144 g/mol. The average Bonchev–Trinajstić information content (AvgIpc) is 2.26. The lowest BCUT2D eigenvalue weighted by molar-refractivity contribution is -0.153. The second-order valence-corrected chi connectivity index (χ2v) is 2.50. The van der Waals surface area contributed by atoms with Gasteiger partial charge in [0.1, 0.15) is 0 Å². The van der Waals surface area contributed by atoms with E-state index in [4.69, 9.17) is 0 Å². The number of rotatable bonds is 2. The molecule has 0 unspecified atom stereocenters. The molecule has 1 fully saturated rings. The van der Waals surface area contributed by atoms with E-state index in [2.05, 4.69) is 4.74 Å². The Morgan fingerprint density at radius 2 is 2.36 bits per heavy atom. The zero-order valence-electron chi connectivity index (χ0n) is 6.37. The Kier molecular flexibility index (Phi) is 2.41. The molecule has 3 heteroatoms. The van der Waals surface area contributed by atoms with Crippen molar-refractivity contribution in [1.82, 2.24) is 0 Å². The number of hydrogen-bond acceptors (Lipinski definition) is 3. The van der Waals surface area contributed by atoms with Crippen molar-refractivity contribution in [3.05, 3.63) is 12.2 Å². The van der Waals surface area contributed by atoms with Gasteiger partial charge in [0.05, 0.1) is 12.3 Å². The van der Waals surface area contributed by atoms with Crippen LogP contribution in [0.15, 0.2) is 12.2 Å². The van der Waals surface area contributed by atoms with Crippen LogP contribution in [0.25, 0.3) is 0 Å². The molecule has 0 amide bonds. The Morgan fingerprint density at radius 1 is 1.64 bits per heavy atom. The summed E-state index contributed by atoms with van der Waals surface area (Å²) in [6, 6.07) is 0. The Balaban J connectivity index is 2.47. The van der Waals surface area contributed by atoms with Gasteiger partial charge in [0.25, 0.3) is 0 Å². The van der Waals surface area contributed by atoms with Gasteiger partial charge < -0.3 is 4.74 Å². The van der Waals surface area contributed by atoms with Gasteiger partial charge in [-0.25, -0.2) is 0 Å². The quantitative estimate of drug-likeness (QED) is 0.339. The first-order chi connectivity index (χ1) is 5.24. The molecule has 0 aliphatic carbocycles. The number of ether oxygens (including phenoxy) is 1. The minimum absolute atomic E-state index is 0.237. The van der Waals surface area contributed by atoms with E-state index in [0.29, 0.717) is 6.42 Å². The minimum atomic E-state index is -0.399. The Morgan fingerprint density at radius 3 is 2.82 bits per heavy atom. The smallest absolute Gasteiger partial charge is 0.317 e. The van der Waals surface area contributed by atoms with E-state index in [1.54, 1.807) is 0 Å². The van der Waals surface area contributed by atoms with Gasteiger partial charge in [0, 0.05) is 0 Å². The summed E-state index contributed by atoms with van der Waals surface area (Å²) in [7, 11) is 0. The topological polar surface area (TPSA) is 43.4 Å². The van der Waals surface area contributed by atoms with Crippen molar-refractivity contribution in [2.75, 3.05) is 0 Å². The summed E-state index contributed by atoms with van der Waals surface area (Å²) < 4.78 is 4.36. The normalized spacial score (nSPS) is 24.6. The van der Waals surface area contributed by atoms with Crippen LogP contribution in [-0.4, -0.2) is 11.9 Å². The maximum absolute atomic E-state index is 10.8. The maximum Gasteiger partial charge on any atom is 0.317 e. The molecule has 11 heavy (non-hydrogen) atoms. The predicted molar refractivity (Wildman–Crippen MR) is 38.6 cm³/mol. The van der Waals surface area contributed by atoms with Crippen molar-refractivity contribution in [2.24, 2.45) is 5.92 Å². The molecule has 1 saturated heterocycles. The van der Waals surface area contributed by atoms with E-state index < -0.39 is 5.97 Å². The molecule has 0 saturated carbocycles. The third kappa shape index (κ3) is 1.90. The lowest BCUT2D eigenvalue weighted by Crippen LogP contribution is -2.05. The zero-order valence-corrected chi connectivity index (χ0v) is 6.37. The predicted octanol–water partition coefficient (Wildman–Crippen LogP) is 1.04. The first-order valence-corrected chi connectivity index (χ1v) is 3.59. The van der Waals surface area contributed by atoms with Crippen molar-refractivity contribution in [1.29, 1.82) is 0 Å². The van der Waals surface area contributed by atoms with Gasteiger partial charge in [0.15, 0.2) is 0 Å². The summed E-state index contributed by atoms with van der Waals surface area (Å²) in [5.41, 5.74) is 0. The van der Waals surface area contributed by atoms with Gasteiger partial charge in [-0.05, 0) is 13.3 Å². The number of esters is 2. The average molecular weight is 154 g/mol. The van der Waals surface area contributed by atoms with Gasteiger partial charge in [-0.3, -0.25) is 9.59 Å². The molecule has 0 aromatic heterocycles. The molecule has 60 valence electrons. The second kappa shape index (κ2) is 3.32. The fourth-order valence-electron chi connectivity index (χ4n) is 1.00. The van der Waals surface area contributed by atoms with Crippen LogP contribution in [0.4, 0.5) is 0 Å². The molecule has 1 atom stereocenters. The Bertz CT molecular complexity index is 205. The molecule has 0 aromatic carbocycles. The molecule has 1 aliphatic rings. The van der Waals surface area contributed by atoms with Crippen LogP contribution in [0, 0.1) is 5.92 Å². The molecule has 0 radical (unpaired) electrons. The van der Waals surface area contributed by atoms with Gasteiger partial charge in [-0.2, -0.15) is 0 Å². The molecule has 0 aromatic rings. The third-order valence-corrected chi connectivity index (χ3v) is 1.62. The van der Waals surface area contributed by atoms with Crippen LogP contribution < -0.4 is 0 Å². The summed E-state index contributed by atoms with van der Waals surface area (Å²) in [6.45, 7) is 1.88. The van der Waals surface area contributed by atoms with Gasteiger partial charge >= 0.3 is 11.9 Å².